The number of nitrogens with one attached hydrogen (secondary N) is 1. The highest BCUT2D eigenvalue weighted by Gasteiger charge is 2.25. The number of hydrogen-bond acceptors (Lipinski definition) is 4. The zero-order chi connectivity index (χ0) is 14.3. The lowest BCUT2D eigenvalue weighted by atomic mass is 9.98. The van der Waals surface area contributed by atoms with Crippen LogP contribution in [0, 0.1) is 0 Å². The smallest absolute Gasteiger partial charge is 0.138 e. The molecule has 1 atom stereocenters. The van der Waals surface area contributed by atoms with Gasteiger partial charge in [0.1, 0.15) is 11.5 Å². The van der Waals surface area contributed by atoms with Crippen LogP contribution >= 0.6 is 24.4 Å². The number of nitrogens with zero attached hydrogens (tertiary/aromatic N) is 1. The average Bonchev–Trinajstić information content (AvgIpc) is 2.46. The number of rotatable bonds is 2. The fraction of sp³-hybridized carbons (Fsp3) is 0.200. The fourth-order valence-electron chi connectivity index (χ4n) is 2.26. The largest absolute Gasteiger partial charge is 0.456 e. The summed E-state index contributed by atoms with van der Waals surface area (Å²) in [5.74, 6) is 1.55. The Morgan fingerprint density at radius 2 is 2.15 bits per heavy atom. The van der Waals surface area contributed by atoms with Crippen molar-refractivity contribution in [1.82, 2.24) is 4.72 Å². The summed E-state index contributed by atoms with van der Waals surface area (Å²) in [4.78, 5) is 2.03. The molecule has 1 aliphatic carbocycles. The molecule has 5 heteroatoms. The maximum absolute atomic E-state index is 6.50. The van der Waals surface area contributed by atoms with Crippen molar-refractivity contribution in [3.8, 4) is 5.75 Å². The van der Waals surface area contributed by atoms with E-state index in [1.807, 2.05) is 55.4 Å². The van der Waals surface area contributed by atoms with Crippen LogP contribution < -0.4 is 14.4 Å². The van der Waals surface area contributed by atoms with E-state index in [0.29, 0.717) is 0 Å². The molecule has 1 aromatic rings. The van der Waals surface area contributed by atoms with Gasteiger partial charge in [0.25, 0.3) is 0 Å². The highest BCUT2D eigenvalue weighted by Crippen LogP contribution is 2.42. The summed E-state index contributed by atoms with van der Waals surface area (Å²) in [5, 5.41) is 0.719. The molecule has 1 N–H and O–H groups in total. The Bertz CT molecular complexity index is 649. The zero-order valence-electron chi connectivity index (χ0n) is 11.2. The predicted octanol–water partition coefficient (Wildman–Crippen LogP) is 3.35. The summed E-state index contributed by atoms with van der Waals surface area (Å²) >= 11 is 10.6. The molecule has 1 aliphatic heterocycles. The molecule has 104 valence electrons. The van der Waals surface area contributed by atoms with Gasteiger partial charge in [0.2, 0.25) is 0 Å². The van der Waals surface area contributed by atoms with E-state index < -0.39 is 0 Å². The molecule has 2 aliphatic rings. The van der Waals surface area contributed by atoms with Gasteiger partial charge in [-0.2, -0.15) is 0 Å². The van der Waals surface area contributed by atoms with E-state index in [-0.39, 0.29) is 6.04 Å². The first-order valence-electron chi connectivity index (χ1n) is 6.29. The molecule has 0 radical (unpaired) electrons. The lowest BCUT2D eigenvalue weighted by Gasteiger charge is -2.26. The van der Waals surface area contributed by atoms with Crippen molar-refractivity contribution < 1.29 is 4.74 Å². The molecule has 1 unspecified atom stereocenters. The van der Waals surface area contributed by atoms with Crippen molar-refractivity contribution in [2.24, 2.45) is 0 Å². The number of allylic oxidation sites excluding steroid dienone is 1. The summed E-state index contributed by atoms with van der Waals surface area (Å²) in [5.41, 5.74) is 2.91. The second-order valence-corrected chi connectivity index (χ2v) is 5.59. The normalized spacial score (nSPS) is 20.0. The Balaban J connectivity index is 2.09. The van der Waals surface area contributed by atoms with Crippen molar-refractivity contribution in [2.75, 3.05) is 19.0 Å². The fourth-order valence-corrected chi connectivity index (χ4v) is 2.73. The van der Waals surface area contributed by atoms with E-state index >= 15 is 0 Å². The van der Waals surface area contributed by atoms with Gasteiger partial charge < -0.3 is 9.64 Å². The third-order valence-corrected chi connectivity index (χ3v) is 4.10. The molecular formula is C15H15ClN2OS. The molecule has 0 spiro atoms. The Morgan fingerprint density at radius 3 is 2.85 bits per heavy atom. The number of ether oxygens (including phenoxy) is 1. The van der Waals surface area contributed by atoms with Crippen LogP contribution in [-0.2, 0) is 0 Å². The number of hydrogen-bond donors (Lipinski definition) is 2. The summed E-state index contributed by atoms with van der Waals surface area (Å²) < 4.78 is 8.88. The monoisotopic (exact) mass is 306 g/mol. The Morgan fingerprint density at radius 1 is 1.35 bits per heavy atom. The number of benzene rings is 1. The molecule has 0 bridgehead atoms. The molecular weight excluding hydrogens is 292 g/mol. The molecule has 0 saturated heterocycles. The molecule has 0 aromatic heterocycles. The van der Waals surface area contributed by atoms with Gasteiger partial charge in [0.05, 0.1) is 11.1 Å². The molecule has 3 rings (SSSR count). The highest BCUT2D eigenvalue weighted by atomic mass is 35.5. The second kappa shape index (κ2) is 5.20. The lowest BCUT2D eigenvalue weighted by molar-refractivity contribution is 0.428. The molecule has 0 fully saturated rings. The van der Waals surface area contributed by atoms with Crippen LogP contribution in [0.1, 0.15) is 5.56 Å². The number of fused-ring (bicyclic) bond motifs is 2. The minimum atomic E-state index is 0.0418. The minimum Gasteiger partial charge on any atom is -0.456 e. The summed E-state index contributed by atoms with van der Waals surface area (Å²) in [6.07, 6.45) is 5.93. The molecule has 1 heterocycles. The predicted molar refractivity (Wildman–Crippen MR) is 87.3 cm³/mol. The van der Waals surface area contributed by atoms with E-state index in [0.717, 1.165) is 33.4 Å². The van der Waals surface area contributed by atoms with Crippen LogP contribution in [0.25, 0.3) is 5.03 Å². The van der Waals surface area contributed by atoms with Crippen molar-refractivity contribution in [1.29, 1.82) is 0 Å². The van der Waals surface area contributed by atoms with Crippen LogP contribution in [0.3, 0.4) is 0 Å². The van der Waals surface area contributed by atoms with Crippen molar-refractivity contribution in [3.63, 3.8) is 0 Å². The first-order chi connectivity index (χ1) is 9.60. The number of halogens is 1. The topological polar surface area (TPSA) is 24.5 Å². The van der Waals surface area contributed by atoms with Crippen LogP contribution in [-0.4, -0.2) is 20.1 Å². The molecule has 0 amide bonds. The van der Waals surface area contributed by atoms with E-state index in [9.17, 15) is 0 Å². The zero-order valence-corrected chi connectivity index (χ0v) is 12.9. The summed E-state index contributed by atoms with van der Waals surface area (Å²) in [6, 6.07) is 6.06. The Kier molecular flexibility index (Phi) is 3.54. The maximum atomic E-state index is 6.50. The summed E-state index contributed by atoms with van der Waals surface area (Å²) in [7, 11) is 3.99. The third kappa shape index (κ3) is 2.24. The van der Waals surface area contributed by atoms with Gasteiger partial charge in [-0.25, -0.2) is 0 Å². The maximum Gasteiger partial charge on any atom is 0.138 e. The van der Waals surface area contributed by atoms with Crippen molar-refractivity contribution in [2.45, 2.75) is 6.04 Å². The molecule has 3 nitrogen and oxygen atoms in total. The standard InChI is InChI=1S/C15H15ClN2OS/c1-18(2)10-4-6-12-14(8-10)19-13-7-9(17-20)3-5-11(13)15(12)16/h3-9,17,20H,1-2H3. The highest BCUT2D eigenvalue weighted by molar-refractivity contribution is 7.78. The van der Waals surface area contributed by atoms with Crippen LogP contribution in [0.15, 0.2) is 47.8 Å². The lowest BCUT2D eigenvalue weighted by Crippen LogP contribution is -2.21. The second-order valence-electron chi connectivity index (χ2n) is 4.95. The van der Waals surface area contributed by atoms with E-state index in [2.05, 4.69) is 17.5 Å². The van der Waals surface area contributed by atoms with Gasteiger partial charge in [-0.3, -0.25) is 4.72 Å². The van der Waals surface area contributed by atoms with Crippen molar-refractivity contribution >= 4 is 35.1 Å². The van der Waals surface area contributed by atoms with E-state index in [1.165, 1.54) is 0 Å². The molecule has 0 saturated carbocycles. The van der Waals surface area contributed by atoms with Gasteiger partial charge in [-0.05, 0) is 18.2 Å². The Hall–Kier alpha value is -1.36. The minimum absolute atomic E-state index is 0.0418. The summed E-state index contributed by atoms with van der Waals surface area (Å²) in [6.45, 7) is 0. The Labute approximate surface area is 129 Å². The average molecular weight is 307 g/mol. The molecule has 20 heavy (non-hydrogen) atoms. The van der Waals surface area contributed by atoms with Crippen molar-refractivity contribution in [3.05, 3.63) is 53.3 Å². The van der Waals surface area contributed by atoms with E-state index in [4.69, 9.17) is 16.3 Å². The first kappa shape index (κ1) is 13.6. The number of anilines is 1. The van der Waals surface area contributed by atoms with Gasteiger partial charge >= 0.3 is 0 Å². The quantitative estimate of drug-likeness (QED) is 0.820. The van der Waals surface area contributed by atoms with Crippen LogP contribution in [0.5, 0.6) is 5.75 Å². The van der Waals surface area contributed by atoms with Gasteiger partial charge in [-0.15, -0.1) is 0 Å². The molecule has 1 aromatic carbocycles. The van der Waals surface area contributed by atoms with Crippen LogP contribution in [0.2, 0.25) is 0 Å². The van der Waals surface area contributed by atoms with Crippen LogP contribution in [0.4, 0.5) is 5.69 Å². The third-order valence-electron chi connectivity index (χ3n) is 3.39. The van der Waals surface area contributed by atoms with Gasteiger partial charge in [0, 0.05) is 37.0 Å². The first-order valence-corrected chi connectivity index (χ1v) is 7.12. The SMILES string of the molecule is CN(C)c1ccc2c(c1)OC1=CC(NS)C=CC1=C2Cl. The number of thiol groups is 1. The van der Waals surface area contributed by atoms with E-state index in [1.54, 1.807) is 0 Å². The van der Waals surface area contributed by atoms with Gasteiger partial charge in [-0.1, -0.05) is 36.6 Å². The van der Waals surface area contributed by atoms with Gasteiger partial charge in [0.15, 0.2) is 0 Å².